The predicted molar refractivity (Wildman–Crippen MR) is 60.4 cm³/mol. The van der Waals surface area contributed by atoms with Crippen LogP contribution in [0.1, 0.15) is 5.56 Å². The topological polar surface area (TPSA) is 93.4 Å². The van der Waals surface area contributed by atoms with Crippen molar-refractivity contribution in [1.29, 1.82) is 0 Å². The van der Waals surface area contributed by atoms with Gasteiger partial charge in [-0.15, -0.1) is 0 Å². The Balaban J connectivity index is 2.55. The Morgan fingerprint density at radius 3 is 2.59 bits per heavy atom. The van der Waals surface area contributed by atoms with E-state index in [0.29, 0.717) is 11.3 Å². The zero-order valence-electron chi connectivity index (χ0n) is 9.32. The third kappa shape index (κ3) is 1.62. The van der Waals surface area contributed by atoms with Crippen LogP contribution in [0.25, 0.3) is 0 Å². The van der Waals surface area contributed by atoms with Gasteiger partial charge in [0.15, 0.2) is 5.54 Å². The number of nitrogens with one attached hydrogen (secondary N) is 2. The quantitative estimate of drug-likeness (QED) is 0.626. The zero-order valence-corrected chi connectivity index (χ0v) is 9.32. The summed E-state index contributed by atoms with van der Waals surface area (Å²) in [6.07, 6.45) is 0. The molecule has 1 heterocycles. The molecule has 0 aliphatic carbocycles. The third-order valence-electron chi connectivity index (χ3n) is 2.81. The Morgan fingerprint density at radius 2 is 2.06 bits per heavy atom. The number of ether oxygens (including phenoxy) is 1. The first-order chi connectivity index (χ1) is 8.14. The second-order valence-electron chi connectivity index (χ2n) is 3.72. The molecule has 1 aliphatic rings. The third-order valence-corrected chi connectivity index (χ3v) is 2.81. The highest BCUT2D eigenvalue weighted by atomic mass is 16.5. The first-order valence-electron chi connectivity index (χ1n) is 5.11. The lowest BCUT2D eigenvalue weighted by molar-refractivity contribution is -0.124. The summed E-state index contributed by atoms with van der Waals surface area (Å²) in [6, 6.07) is 6.40. The van der Waals surface area contributed by atoms with Gasteiger partial charge >= 0.3 is 6.03 Å². The number of carbonyl (C=O) groups is 2. The Bertz CT molecular complexity index is 475. The summed E-state index contributed by atoms with van der Waals surface area (Å²) in [5.41, 5.74) is 4.95. The van der Waals surface area contributed by atoms with Crippen molar-refractivity contribution >= 4 is 11.9 Å². The summed E-state index contributed by atoms with van der Waals surface area (Å²) in [6.45, 7) is -0.0368. The maximum absolute atomic E-state index is 11.9. The van der Waals surface area contributed by atoms with Gasteiger partial charge in [0, 0.05) is 12.1 Å². The van der Waals surface area contributed by atoms with Crippen LogP contribution < -0.4 is 21.1 Å². The maximum atomic E-state index is 11.9. The number of hydrogen-bond acceptors (Lipinski definition) is 4. The first kappa shape index (κ1) is 11.4. The molecule has 6 nitrogen and oxygen atoms in total. The van der Waals surface area contributed by atoms with E-state index in [9.17, 15) is 9.59 Å². The van der Waals surface area contributed by atoms with E-state index >= 15 is 0 Å². The molecule has 3 amide bonds. The number of nitrogens with two attached hydrogens (primary N) is 1. The SMILES string of the molecule is COc1ccccc1C1(CN)NC(=O)NC1=O. The van der Waals surface area contributed by atoms with Crippen LogP contribution >= 0.6 is 0 Å². The van der Waals surface area contributed by atoms with Gasteiger partial charge in [0.1, 0.15) is 5.75 Å². The molecule has 0 radical (unpaired) electrons. The molecule has 1 unspecified atom stereocenters. The van der Waals surface area contributed by atoms with Crippen molar-refractivity contribution in [2.75, 3.05) is 13.7 Å². The van der Waals surface area contributed by atoms with Crippen molar-refractivity contribution in [2.45, 2.75) is 5.54 Å². The summed E-state index contributed by atoms with van der Waals surface area (Å²) in [7, 11) is 1.50. The molecule has 1 fully saturated rings. The zero-order chi connectivity index (χ0) is 12.5. The lowest BCUT2D eigenvalue weighted by atomic mass is 9.89. The number of methoxy groups -OCH3 is 1. The van der Waals surface area contributed by atoms with Crippen LogP contribution in [-0.4, -0.2) is 25.6 Å². The molecule has 2 rings (SSSR count). The van der Waals surface area contributed by atoms with Gasteiger partial charge < -0.3 is 15.8 Å². The van der Waals surface area contributed by atoms with E-state index in [1.54, 1.807) is 24.3 Å². The summed E-state index contributed by atoms with van der Waals surface area (Å²) >= 11 is 0. The number of imide groups is 1. The molecule has 90 valence electrons. The van der Waals surface area contributed by atoms with Crippen molar-refractivity contribution in [3.8, 4) is 5.75 Å². The molecule has 1 saturated heterocycles. The van der Waals surface area contributed by atoms with Crippen LogP contribution in [0.2, 0.25) is 0 Å². The van der Waals surface area contributed by atoms with Crippen molar-refractivity contribution in [3.05, 3.63) is 29.8 Å². The molecule has 1 atom stereocenters. The first-order valence-corrected chi connectivity index (χ1v) is 5.11. The van der Waals surface area contributed by atoms with Gasteiger partial charge in [-0.1, -0.05) is 18.2 Å². The highest BCUT2D eigenvalue weighted by Crippen LogP contribution is 2.31. The van der Waals surface area contributed by atoms with E-state index in [4.69, 9.17) is 10.5 Å². The molecule has 0 aromatic heterocycles. The molecule has 0 saturated carbocycles. The van der Waals surface area contributed by atoms with E-state index in [1.165, 1.54) is 7.11 Å². The number of carbonyl (C=O) groups excluding carboxylic acids is 2. The summed E-state index contributed by atoms with van der Waals surface area (Å²) in [5, 5.41) is 4.74. The molecular weight excluding hydrogens is 222 g/mol. The van der Waals surface area contributed by atoms with E-state index in [-0.39, 0.29) is 6.54 Å². The minimum absolute atomic E-state index is 0.0368. The fraction of sp³-hybridized carbons (Fsp3) is 0.273. The predicted octanol–water partition coefficient (Wildman–Crippen LogP) is -0.311. The number of hydrogen-bond donors (Lipinski definition) is 3. The van der Waals surface area contributed by atoms with Gasteiger partial charge in [-0.25, -0.2) is 4.79 Å². The van der Waals surface area contributed by atoms with Gasteiger partial charge in [-0.05, 0) is 6.07 Å². The Kier molecular flexibility index (Phi) is 2.72. The molecular formula is C11H13N3O3. The van der Waals surface area contributed by atoms with Gasteiger partial charge in [0.25, 0.3) is 5.91 Å². The van der Waals surface area contributed by atoms with Gasteiger partial charge in [-0.2, -0.15) is 0 Å². The standard InChI is InChI=1S/C11H13N3O3/c1-17-8-5-3-2-4-7(8)11(6-12)9(15)13-10(16)14-11/h2-5H,6,12H2,1H3,(H2,13,14,15,16). The Labute approximate surface area is 98.1 Å². The summed E-state index contributed by atoms with van der Waals surface area (Å²) in [4.78, 5) is 23.1. The molecule has 6 heteroatoms. The summed E-state index contributed by atoms with van der Waals surface area (Å²) in [5.74, 6) is 0.0461. The minimum Gasteiger partial charge on any atom is -0.496 e. The van der Waals surface area contributed by atoms with Crippen LogP contribution in [0.3, 0.4) is 0 Å². The molecule has 0 bridgehead atoms. The van der Waals surface area contributed by atoms with Crippen molar-refractivity contribution in [3.63, 3.8) is 0 Å². The van der Waals surface area contributed by atoms with E-state index in [1.807, 2.05) is 0 Å². The van der Waals surface area contributed by atoms with Crippen LogP contribution in [0.15, 0.2) is 24.3 Å². The maximum Gasteiger partial charge on any atom is 0.322 e. The van der Waals surface area contributed by atoms with Crippen LogP contribution in [0.4, 0.5) is 4.79 Å². The molecule has 1 aromatic carbocycles. The van der Waals surface area contributed by atoms with Crippen molar-refractivity contribution < 1.29 is 14.3 Å². The number of rotatable bonds is 3. The van der Waals surface area contributed by atoms with E-state index in [2.05, 4.69) is 10.6 Å². The van der Waals surface area contributed by atoms with Gasteiger partial charge in [0.05, 0.1) is 7.11 Å². The molecule has 4 N–H and O–H groups in total. The average Bonchev–Trinajstić information content (AvgIpc) is 2.64. The highest BCUT2D eigenvalue weighted by molar-refractivity contribution is 6.08. The van der Waals surface area contributed by atoms with E-state index in [0.717, 1.165) is 0 Å². The van der Waals surface area contributed by atoms with Crippen LogP contribution in [-0.2, 0) is 10.3 Å². The second kappa shape index (κ2) is 4.06. The lowest BCUT2D eigenvalue weighted by Gasteiger charge is -2.26. The normalized spacial score (nSPS) is 23.2. The molecule has 17 heavy (non-hydrogen) atoms. The van der Waals surface area contributed by atoms with Crippen LogP contribution in [0.5, 0.6) is 5.75 Å². The largest absolute Gasteiger partial charge is 0.496 e. The van der Waals surface area contributed by atoms with Crippen LogP contribution in [0, 0.1) is 0 Å². The monoisotopic (exact) mass is 235 g/mol. The Hall–Kier alpha value is -2.08. The smallest absolute Gasteiger partial charge is 0.322 e. The Morgan fingerprint density at radius 1 is 1.35 bits per heavy atom. The molecule has 0 spiro atoms. The molecule has 1 aliphatic heterocycles. The lowest BCUT2D eigenvalue weighted by Crippen LogP contribution is -2.50. The van der Waals surface area contributed by atoms with Crippen molar-refractivity contribution in [2.24, 2.45) is 5.73 Å². The van der Waals surface area contributed by atoms with Gasteiger partial charge in [0.2, 0.25) is 0 Å². The summed E-state index contributed by atoms with van der Waals surface area (Å²) < 4.78 is 5.18. The number of amides is 3. The van der Waals surface area contributed by atoms with Crippen molar-refractivity contribution in [1.82, 2.24) is 10.6 Å². The van der Waals surface area contributed by atoms with Gasteiger partial charge in [-0.3, -0.25) is 10.1 Å². The fourth-order valence-corrected chi connectivity index (χ4v) is 1.93. The second-order valence-corrected chi connectivity index (χ2v) is 3.72. The number of benzene rings is 1. The molecule has 1 aromatic rings. The average molecular weight is 235 g/mol. The number of para-hydroxylation sites is 1. The highest BCUT2D eigenvalue weighted by Gasteiger charge is 2.48. The number of urea groups is 1. The minimum atomic E-state index is -1.25. The van der Waals surface area contributed by atoms with E-state index < -0.39 is 17.5 Å². The fourth-order valence-electron chi connectivity index (χ4n) is 1.93.